The van der Waals surface area contributed by atoms with Gasteiger partial charge in [0.05, 0.1) is 33.1 Å². The van der Waals surface area contributed by atoms with Gasteiger partial charge in [0.25, 0.3) is 0 Å². The number of hydrogen-bond acceptors (Lipinski definition) is 2. The van der Waals surface area contributed by atoms with Crippen molar-refractivity contribution in [1.29, 1.82) is 0 Å². The number of benzene rings is 7. The molecule has 0 atom stereocenters. The number of para-hydroxylation sites is 6. The standard InChI is InChI=1S/C43H26N4O/c1-2-10-29(11-3-1)45-36-21-18-27(28-19-23-42-34(25-28)31-12-4-9-17-41(31)48-42)24-32(36)33-26-30(20-22-37(33)45)46-39-15-7-8-16-40(39)47-38-14-6-5-13-35(38)44-43(46)47/h1-26H. The lowest BCUT2D eigenvalue weighted by molar-refractivity contribution is 0.669. The van der Waals surface area contributed by atoms with Gasteiger partial charge in [-0.25, -0.2) is 4.98 Å². The van der Waals surface area contributed by atoms with Crippen molar-refractivity contribution in [1.82, 2.24) is 18.5 Å². The molecule has 0 unspecified atom stereocenters. The molecule has 0 amide bonds. The lowest BCUT2D eigenvalue weighted by Gasteiger charge is -2.09. The molecule has 0 saturated carbocycles. The van der Waals surface area contributed by atoms with Gasteiger partial charge in [0.2, 0.25) is 5.78 Å². The molecule has 48 heavy (non-hydrogen) atoms. The third kappa shape index (κ3) is 3.47. The first-order valence-electron chi connectivity index (χ1n) is 16.2. The molecule has 0 aliphatic rings. The van der Waals surface area contributed by atoms with Crippen LogP contribution >= 0.6 is 0 Å². The summed E-state index contributed by atoms with van der Waals surface area (Å²) in [6.07, 6.45) is 0. The van der Waals surface area contributed by atoms with E-state index < -0.39 is 0 Å². The Kier molecular flexibility index (Phi) is 5.05. The third-order valence-corrected chi connectivity index (χ3v) is 9.84. The fraction of sp³-hybridized carbons (Fsp3) is 0. The summed E-state index contributed by atoms with van der Waals surface area (Å²) in [7, 11) is 0. The SMILES string of the molecule is c1ccc(-n2c3ccc(-c4ccc5oc6ccccc6c5c4)cc3c3cc(-n4c5ccccc5n5c6ccccc6nc45)ccc32)cc1. The van der Waals surface area contributed by atoms with E-state index in [2.05, 4.69) is 159 Å². The van der Waals surface area contributed by atoms with Crippen molar-refractivity contribution in [2.75, 3.05) is 0 Å². The fourth-order valence-corrected chi connectivity index (χ4v) is 7.70. The third-order valence-electron chi connectivity index (χ3n) is 9.84. The average Bonchev–Trinajstić information content (AvgIpc) is 3.88. The van der Waals surface area contributed by atoms with Crippen LogP contribution in [0, 0.1) is 0 Å². The van der Waals surface area contributed by atoms with Crippen LogP contribution in [0.5, 0.6) is 0 Å². The van der Waals surface area contributed by atoms with E-state index in [1.165, 1.54) is 21.9 Å². The van der Waals surface area contributed by atoms with E-state index in [1.54, 1.807) is 0 Å². The molecule has 0 fully saturated rings. The minimum absolute atomic E-state index is 0.906. The van der Waals surface area contributed by atoms with E-state index in [1.807, 2.05) is 12.1 Å². The summed E-state index contributed by atoms with van der Waals surface area (Å²) in [6.45, 7) is 0. The highest BCUT2D eigenvalue weighted by molar-refractivity contribution is 6.12. The van der Waals surface area contributed by atoms with E-state index in [9.17, 15) is 0 Å². The highest BCUT2D eigenvalue weighted by atomic mass is 16.3. The normalized spacial score (nSPS) is 12.2. The predicted molar refractivity (Wildman–Crippen MR) is 197 cm³/mol. The summed E-state index contributed by atoms with van der Waals surface area (Å²) in [6, 6.07) is 56.0. The molecule has 11 aromatic rings. The van der Waals surface area contributed by atoms with Gasteiger partial charge < -0.3 is 8.98 Å². The monoisotopic (exact) mass is 614 g/mol. The van der Waals surface area contributed by atoms with Gasteiger partial charge in [-0.05, 0) is 96.1 Å². The smallest absolute Gasteiger partial charge is 0.220 e. The number of aromatic nitrogens is 4. The molecule has 224 valence electrons. The number of furan rings is 1. The van der Waals surface area contributed by atoms with Gasteiger partial charge in [0, 0.05) is 32.9 Å². The number of imidazole rings is 2. The van der Waals surface area contributed by atoms with Crippen LogP contribution in [0.4, 0.5) is 0 Å². The minimum Gasteiger partial charge on any atom is -0.456 e. The van der Waals surface area contributed by atoms with Crippen LogP contribution in [0.1, 0.15) is 0 Å². The molecule has 0 radical (unpaired) electrons. The van der Waals surface area contributed by atoms with Crippen LogP contribution < -0.4 is 0 Å². The Balaban J connectivity index is 1.19. The molecular formula is C43H26N4O. The van der Waals surface area contributed by atoms with Crippen LogP contribution in [-0.4, -0.2) is 18.5 Å². The van der Waals surface area contributed by atoms with Gasteiger partial charge in [-0.3, -0.25) is 8.97 Å². The van der Waals surface area contributed by atoms with Crippen molar-refractivity contribution in [3.63, 3.8) is 0 Å². The largest absolute Gasteiger partial charge is 0.456 e. The van der Waals surface area contributed by atoms with E-state index in [4.69, 9.17) is 9.40 Å². The molecule has 4 heterocycles. The number of hydrogen-bond donors (Lipinski definition) is 0. The highest BCUT2D eigenvalue weighted by Gasteiger charge is 2.19. The lowest BCUT2D eigenvalue weighted by Crippen LogP contribution is -1.96. The molecular weight excluding hydrogens is 589 g/mol. The molecule has 4 aromatic heterocycles. The quantitative estimate of drug-likeness (QED) is 0.199. The molecule has 0 bridgehead atoms. The maximum Gasteiger partial charge on any atom is 0.220 e. The Morgan fingerprint density at radius 2 is 1.04 bits per heavy atom. The molecule has 5 nitrogen and oxygen atoms in total. The summed E-state index contributed by atoms with van der Waals surface area (Å²) in [5.41, 5.74) is 13.0. The molecule has 0 aliphatic heterocycles. The molecule has 0 saturated heterocycles. The zero-order valence-corrected chi connectivity index (χ0v) is 25.7. The van der Waals surface area contributed by atoms with E-state index >= 15 is 0 Å². The van der Waals surface area contributed by atoms with Crippen LogP contribution in [-0.2, 0) is 0 Å². The van der Waals surface area contributed by atoms with Crippen LogP contribution in [0.2, 0.25) is 0 Å². The van der Waals surface area contributed by atoms with Gasteiger partial charge >= 0.3 is 0 Å². The molecule has 7 aromatic carbocycles. The molecule has 5 heteroatoms. The van der Waals surface area contributed by atoms with Crippen molar-refractivity contribution in [2.45, 2.75) is 0 Å². The Morgan fingerprint density at radius 1 is 0.396 bits per heavy atom. The van der Waals surface area contributed by atoms with Crippen molar-refractivity contribution >= 4 is 71.6 Å². The van der Waals surface area contributed by atoms with Crippen LogP contribution in [0.25, 0.3) is 94.1 Å². The summed E-state index contributed by atoms with van der Waals surface area (Å²) >= 11 is 0. The first kappa shape index (κ1) is 25.6. The van der Waals surface area contributed by atoms with Gasteiger partial charge in [-0.15, -0.1) is 0 Å². The maximum absolute atomic E-state index is 6.14. The Bertz CT molecular complexity index is 3060. The maximum atomic E-state index is 6.14. The average molecular weight is 615 g/mol. The summed E-state index contributed by atoms with van der Waals surface area (Å²) in [4.78, 5) is 5.13. The molecule has 0 aliphatic carbocycles. The first-order chi connectivity index (χ1) is 23.8. The van der Waals surface area contributed by atoms with Gasteiger partial charge in [0.15, 0.2) is 0 Å². The summed E-state index contributed by atoms with van der Waals surface area (Å²) in [5.74, 6) is 0.907. The van der Waals surface area contributed by atoms with Crippen molar-refractivity contribution in [3.05, 3.63) is 158 Å². The summed E-state index contributed by atoms with van der Waals surface area (Å²) in [5, 5.41) is 4.66. The second-order valence-corrected chi connectivity index (χ2v) is 12.5. The van der Waals surface area contributed by atoms with Gasteiger partial charge in [-0.1, -0.05) is 72.8 Å². The Hall–Kier alpha value is -6.59. The molecule has 0 N–H and O–H groups in total. The Labute approximate surface area is 274 Å². The van der Waals surface area contributed by atoms with E-state index in [0.717, 1.165) is 72.2 Å². The van der Waals surface area contributed by atoms with Crippen LogP contribution in [0.15, 0.2) is 162 Å². The second-order valence-electron chi connectivity index (χ2n) is 12.5. The van der Waals surface area contributed by atoms with Crippen molar-refractivity contribution < 1.29 is 4.42 Å². The topological polar surface area (TPSA) is 40.3 Å². The molecule has 11 rings (SSSR count). The van der Waals surface area contributed by atoms with Crippen LogP contribution in [0.3, 0.4) is 0 Å². The molecule has 0 spiro atoms. The fourth-order valence-electron chi connectivity index (χ4n) is 7.70. The number of fused-ring (bicyclic) bond motifs is 11. The number of nitrogens with zero attached hydrogens (tertiary/aromatic N) is 4. The van der Waals surface area contributed by atoms with Gasteiger partial charge in [0.1, 0.15) is 11.2 Å². The van der Waals surface area contributed by atoms with Crippen molar-refractivity contribution in [2.24, 2.45) is 0 Å². The second kappa shape index (κ2) is 9.47. The zero-order valence-electron chi connectivity index (χ0n) is 25.7. The van der Waals surface area contributed by atoms with Gasteiger partial charge in [-0.2, -0.15) is 0 Å². The highest BCUT2D eigenvalue weighted by Crippen LogP contribution is 2.39. The lowest BCUT2D eigenvalue weighted by atomic mass is 10.0. The summed E-state index contributed by atoms with van der Waals surface area (Å²) < 4.78 is 13.1. The first-order valence-corrected chi connectivity index (χ1v) is 16.2. The van der Waals surface area contributed by atoms with Crippen molar-refractivity contribution in [3.8, 4) is 22.5 Å². The zero-order chi connectivity index (χ0) is 31.3. The minimum atomic E-state index is 0.906. The Morgan fingerprint density at radius 3 is 1.92 bits per heavy atom. The number of rotatable bonds is 3. The van der Waals surface area contributed by atoms with E-state index in [0.29, 0.717) is 0 Å². The predicted octanol–water partition coefficient (Wildman–Crippen LogP) is 11.1. The van der Waals surface area contributed by atoms with E-state index in [-0.39, 0.29) is 0 Å².